The Morgan fingerprint density at radius 1 is 1.32 bits per heavy atom. The number of amides is 2. The number of aliphatic hydroxyl groups is 1. The van der Waals surface area contributed by atoms with Crippen molar-refractivity contribution in [1.82, 2.24) is 15.2 Å². The van der Waals surface area contributed by atoms with Gasteiger partial charge in [-0.3, -0.25) is 0 Å². The van der Waals surface area contributed by atoms with Crippen LogP contribution in [0.5, 0.6) is 0 Å². The Bertz CT molecular complexity index is 599. The number of hydrogen-bond acceptors (Lipinski definition) is 4. The van der Waals surface area contributed by atoms with E-state index in [4.69, 9.17) is 4.98 Å². The lowest BCUT2D eigenvalue weighted by Crippen LogP contribution is -2.47. The standard InChI is InChI=1S/C19H30N4O2/c1-14-7-8-16(18(21-14)22-9-3-4-10-22)12-20-19(25)23-11-5-6-17(13-23)15(2)24/h7-8,15,17,24H,3-6,9-13H2,1-2H3,(H,20,25). The molecule has 1 aromatic rings. The zero-order chi connectivity index (χ0) is 17.8. The van der Waals surface area contributed by atoms with Crippen molar-refractivity contribution in [2.75, 3.05) is 31.1 Å². The molecule has 138 valence electrons. The fraction of sp³-hybridized carbons (Fsp3) is 0.684. The Morgan fingerprint density at radius 3 is 2.80 bits per heavy atom. The number of nitrogens with zero attached hydrogens (tertiary/aromatic N) is 3. The van der Waals surface area contributed by atoms with E-state index in [1.807, 2.05) is 24.8 Å². The number of likely N-dealkylation sites (tertiary alicyclic amines) is 1. The van der Waals surface area contributed by atoms with Crippen LogP contribution in [0.3, 0.4) is 0 Å². The molecule has 2 N–H and O–H groups in total. The van der Waals surface area contributed by atoms with Gasteiger partial charge in [-0.25, -0.2) is 9.78 Å². The van der Waals surface area contributed by atoms with E-state index in [1.54, 1.807) is 0 Å². The average molecular weight is 346 g/mol. The van der Waals surface area contributed by atoms with Gasteiger partial charge in [-0.1, -0.05) is 6.07 Å². The van der Waals surface area contributed by atoms with E-state index < -0.39 is 0 Å². The minimum absolute atomic E-state index is 0.0432. The highest BCUT2D eigenvalue weighted by atomic mass is 16.3. The third-order valence-electron chi connectivity index (χ3n) is 5.36. The van der Waals surface area contributed by atoms with Gasteiger partial charge in [0.1, 0.15) is 5.82 Å². The second-order valence-corrected chi connectivity index (χ2v) is 7.38. The molecule has 0 spiro atoms. The Labute approximate surface area is 150 Å². The predicted molar refractivity (Wildman–Crippen MR) is 98.6 cm³/mol. The number of anilines is 1. The molecule has 0 bridgehead atoms. The van der Waals surface area contributed by atoms with E-state index in [0.717, 1.165) is 49.6 Å². The molecule has 2 amide bonds. The highest BCUT2D eigenvalue weighted by Gasteiger charge is 2.26. The number of urea groups is 1. The number of rotatable bonds is 4. The van der Waals surface area contributed by atoms with Gasteiger partial charge in [-0.2, -0.15) is 0 Å². The van der Waals surface area contributed by atoms with Crippen molar-refractivity contribution >= 4 is 11.8 Å². The van der Waals surface area contributed by atoms with Crippen LogP contribution in [-0.2, 0) is 6.54 Å². The van der Waals surface area contributed by atoms with Crippen molar-refractivity contribution in [1.29, 1.82) is 0 Å². The number of nitrogens with one attached hydrogen (secondary N) is 1. The van der Waals surface area contributed by atoms with Crippen molar-refractivity contribution in [2.24, 2.45) is 5.92 Å². The van der Waals surface area contributed by atoms with Crippen molar-refractivity contribution in [2.45, 2.75) is 52.2 Å². The summed E-state index contributed by atoms with van der Waals surface area (Å²) >= 11 is 0. The maximum absolute atomic E-state index is 12.5. The maximum Gasteiger partial charge on any atom is 0.317 e. The molecule has 1 aromatic heterocycles. The van der Waals surface area contributed by atoms with Crippen LogP contribution >= 0.6 is 0 Å². The van der Waals surface area contributed by atoms with E-state index in [1.165, 1.54) is 12.8 Å². The summed E-state index contributed by atoms with van der Waals surface area (Å²) in [5, 5.41) is 12.8. The first kappa shape index (κ1) is 18.0. The van der Waals surface area contributed by atoms with Gasteiger partial charge < -0.3 is 20.2 Å². The number of hydrogen-bond donors (Lipinski definition) is 2. The zero-order valence-electron chi connectivity index (χ0n) is 15.4. The van der Waals surface area contributed by atoms with Gasteiger partial charge >= 0.3 is 6.03 Å². The van der Waals surface area contributed by atoms with E-state index in [9.17, 15) is 9.90 Å². The van der Waals surface area contributed by atoms with E-state index in [2.05, 4.69) is 16.3 Å². The summed E-state index contributed by atoms with van der Waals surface area (Å²) in [5.74, 6) is 1.19. The van der Waals surface area contributed by atoms with Gasteiger partial charge in [0.2, 0.25) is 0 Å². The summed E-state index contributed by atoms with van der Waals surface area (Å²) in [7, 11) is 0. The third kappa shape index (κ3) is 4.42. The molecule has 2 saturated heterocycles. The Hall–Kier alpha value is -1.82. The monoisotopic (exact) mass is 346 g/mol. The van der Waals surface area contributed by atoms with Crippen LogP contribution in [0.1, 0.15) is 43.9 Å². The Morgan fingerprint density at radius 2 is 2.08 bits per heavy atom. The molecule has 6 nitrogen and oxygen atoms in total. The molecule has 3 rings (SSSR count). The largest absolute Gasteiger partial charge is 0.393 e. The summed E-state index contributed by atoms with van der Waals surface area (Å²) in [6.07, 6.45) is 3.99. The summed E-state index contributed by atoms with van der Waals surface area (Å²) in [4.78, 5) is 21.4. The number of aliphatic hydroxyl groups excluding tert-OH is 1. The predicted octanol–water partition coefficient (Wildman–Crippen LogP) is 2.29. The molecule has 0 aromatic carbocycles. The molecular formula is C19H30N4O2. The van der Waals surface area contributed by atoms with Crippen molar-refractivity contribution in [3.05, 3.63) is 23.4 Å². The topological polar surface area (TPSA) is 68.7 Å². The quantitative estimate of drug-likeness (QED) is 0.878. The van der Waals surface area contributed by atoms with E-state index >= 15 is 0 Å². The molecule has 0 aliphatic carbocycles. The van der Waals surface area contributed by atoms with Gasteiger partial charge in [-0.05, 0) is 45.6 Å². The van der Waals surface area contributed by atoms with Gasteiger partial charge in [-0.15, -0.1) is 0 Å². The number of carbonyl (C=O) groups excluding carboxylic acids is 1. The fourth-order valence-corrected chi connectivity index (χ4v) is 3.78. The number of aromatic nitrogens is 1. The average Bonchev–Trinajstić information content (AvgIpc) is 3.15. The lowest BCUT2D eigenvalue weighted by atomic mass is 9.94. The second-order valence-electron chi connectivity index (χ2n) is 7.38. The van der Waals surface area contributed by atoms with E-state index in [0.29, 0.717) is 13.1 Å². The summed E-state index contributed by atoms with van der Waals surface area (Å²) < 4.78 is 0. The second kappa shape index (κ2) is 8.04. The minimum Gasteiger partial charge on any atom is -0.393 e. The molecule has 2 aliphatic heterocycles. The van der Waals surface area contributed by atoms with Gasteiger partial charge in [0.25, 0.3) is 0 Å². The first-order valence-corrected chi connectivity index (χ1v) is 9.47. The molecule has 25 heavy (non-hydrogen) atoms. The number of aryl methyl sites for hydroxylation is 1. The van der Waals surface area contributed by atoms with Crippen LogP contribution in [0.4, 0.5) is 10.6 Å². The molecule has 2 aliphatic rings. The summed E-state index contributed by atoms with van der Waals surface area (Å²) in [6, 6.07) is 4.04. The lowest BCUT2D eigenvalue weighted by molar-refractivity contribution is 0.0738. The highest BCUT2D eigenvalue weighted by Crippen LogP contribution is 2.23. The lowest BCUT2D eigenvalue weighted by Gasteiger charge is -2.34. The highest BCUT2D eigenvalue weighted by molar-refractivity contribution is 5.74. The van der Waals surface area contributed by atoms with Crippen LogP contribution in [0, 0.1) is 12.8 Å². The molecular weight excluding hydrogens is 316 g/mol. The van der Waals surface area contributed by atoms with Crippen molar-refractivity contribution < 1.29 is 9.90 Å². The first-order valence-electron chi connectivity index (χ1n) is 9.47. The molecule has 0 radical (unpaired) electrons. The van der Waals surface area contributed by atoms with Crippen LogP contribution in [0.2, 0.25) is 0 Å². The van der Waals surface area contributed by atoms with E-state index in [-0.39, 0.29) is 18.1 Å². The van der Waals surface area contributed by atoms with Crippen LogP contribution in [-0.4, -0.2) is 53.3 Å². The third-order valence-corrected chi connectivity index (χ3v) is 5.36. The number of pyridine rings is 1. The smallest absolute Gasteiger partial charge is 0.317 e. The normalized spacial score (nSPS) is 22.1. The molecule has 6 heteroatoms. The molecule has 2 atom stereocenters. The summed E-state index contributed by atoms with van der Waals surface area (Å²) in [5.41, 5.74) is 2.08. The Kier molecular flexibility index (Phi) is 5.78. The van der Waals surface area contributed by atoms with Gasteiger partial charge in [0, 0.05) is 49.9 Å². The summed E-state index contributed by atoms with van der Waals surface area (Å²) in [6.45, 7) is 7.79. The first-order chi connectivity index (χ1) is 12.0. The van der Waals surface area contributed by atoms with Crippen LogP contribution in [0.15, 0.2) is 12.1 Å². The molecule has 2 unspecified atom stereocenters. The maximum atomic E-state index is 12.5. The van der Waals surface area contributed by atoms with Crippen molar-refractivity contribution in [3.8, 4) is 0 Å². The van der Waals surface area contributed by atoms with Crippen LogP contribution in [0.25, 0.3) is 0 Å². The minimum atomic E-state index is -0.362. The zero-order valence-corrected chi connectivity index (χ0v) is 15.4. The van der Waals surface area contributed by atoms with Gasteiger partial charge in [0.05, 0.1) is 6.10 Å². The van der Waals surface area contributed by atoms with Gasteiger partial charge in [0.15, 0.2) is 0 Å². The number of piperidine rings is 1. The SMILES string of the molecule is Cc1ccc(CNC(=O)N2CCCC(C(C)O)C2)c(N2CCCC2)n1. The molecule has 2 fully saturated rings. The van der Waals surface area contributed by atoms with Crippen molar-refractivity contribution in [3.63, 3.8) is 0 Å². The molecule has 3 heterocycles. The number of carbonyl (C=O) groups is 1. The fourth-order valence-electron chi connectivity index (χ4n) is 3.78. The van der Waals surface area contributed by atoms with Crippen LogP contribution < -0.4 is 10.2 Å². The molecule has 0 saturated carbocycles. The Balaban J connectivity index is 1.62.